The SMILES string of the molecule is C1=C(c2ccccc2)NC(c2ccccc2)N=C1c1cccc(-c2cccc(C3N=C(c4ccccc4)N=C(c4ccccc4)N3)c2)c1. The van der Waals surface area contributed by atoms with Crippen molar-refractivity contribution in [3.05, 3.63) is 209 Å². The van der Waals surface area contributed by atoms with Gasteiger partial charge in [0.25, 0.3) is 0 Å². The molecule has 0 fully saturated rings. The largest absolute Gasteiger partial charge is 0.360 e. The lowest BCUT2D eigenvalue weighted by atomic mass is 9.97. The number of nitrogens with one attached hydrogen (secondary N) is 2. The summed E-state index contributed by atoms with van der Waals surface area (Å²) in [6.07, 6.45) is 1.66. The third kappa shape index (κ3) is 6.22. The normalized spacial score (nSPS) is 17.2. The van der Waals surface area contributed by atoms with Crippen LogP contribution in [-0.2, 0) is 0 Å². The van der Waals surface area contributed by atoms with E-state index in [-0.39, 0.29) is 12.3 Å². The summed E-state index contributed by atoms with van der Waals surface area (Å²) in [5.74, 6) is 1.52. The molecule has 48 heavy (non-hydrogen) atoms. The van der Waals surface area contributed by atoms with Gasteiger partial charge in [-0.15, -0.1) is 0 Å². The maximum Gasteiger partial charge on any atom is 0.159 e. The van der Waals surface area contributed by atoms with Crippen LogP contribution < -0.4 is 10.6 Å². The minimum Gasteiger partial charge on any atom is -0.360 e. The van der Waals surface area contributed by atoms with E-state index in [2.05, 4.69) is 138 Å². The van der Waals surface area contributed by atoms with E-state index >= 15 is 0 Å². The Balaban J connectivity index is 1.15. The van der Waals surface area contributed by atoms with Gasteiger partial charge in [-0.05, 0) is 46.0 Å². The third-order valence-electron chi connectivity index (χ3n) is 8.56. The summed E-state index contributed by atoms with van der Waals surface area (Å²) in [5, 5.41) is 7.25. The highest BCUT2D eigenvalue weighted by Gasteiger charge is 2.22. The van der Waals surface area contributed by atoms with Crippen molar-refractivity contribution in [2.45, 2.75) is 12.3 Å². The zero-order valence-electron chi connectivity index (χ0n) is 26.2. The van der Waals surface area contributed by atoms with Crippen LogP contribution in [0.15, 0.2) is 191 Å². The molecule has 0 saturated carbocycles. The summed E-state index contributed by atoms with van der Waals surface area (Å²) in [7, 11) is 0. The predicted molar refractivity (Wildman–Crippen MR) is 197 cm³/mol. The van der Waals surface area contributed by atoms with E-state index in [4.69, 9.17) is 15.0 Å². The van der Waals surface area contributed by atoms with Crippen molar-refractivity contribution in [1.29, 1.82) is 0 Å². The van der Waals surface area contributed by atoms with E-state index in [1.54, 1.807) is 0 Å². The lowest BCUT2D eigenvalue weighted by Crippen LogP contribution is -2.33. The quantitative estimate of drug-likeness (QED) is 0.187. The van der Waals surface area contributed by atoms with Crippen molar-refractivity contribution in [3.63, 3.8) is 0 Å². The standard InChI is InChI=1S/C43H33N5/c1-5-15-30(16-6-1)38-29-39(45-40(44-38)31-17-7-2-8-18-31)36-25-13-23-34(27-36)35-24-14-26-37(28-35)43-47-41(32-19-9-3-10-20-32)46-42(48-43)33-21-11-4-12-22-33/h1-29,40,43-44H,(H,46,47,48). The number of aliphatic imine (C=N–C) groups is 3. The first-order valence-corrected chi connectivity index (χ1v) is 16.2. The molecule has 2 N–H and O–H groups in total. The molecule has 0 aromatic heterocycles. The monoisotopic (exact) mass is 619 g/mol. The van der Waals surface area contributed by atoms with Gasteiger partial charge in [-0.3, -0.25) is 4.99 Å². The van der Waals surface area contributed by atoms with Gasteiger partial charge >= 0.3 is 0 Å². The topological polar surface area (TPSA) is 61.1 Å². The summed E-state index contributed by atoms with van der Waals surface area (Å²) < 4.78 is 0. The van der Waals surface area contributed by atoms with E-state index in [1.165, 1.54) is 0 Å². The van der Waals surface area contributed by atoms with E-state index in [0.717, 1.165) is 61.8 Å². The van der Waals surface area contributed by atoms with Crippen LogP contribution in [0.25, 0.3) is 16.8 Å². The first kappa shape index (κ1) is 29.1. The Kier molecular flexibility index (Phi) is 7.99. The van der Waals surface area contributed by atoms with E-state index in [1.807, 2.05) is 48.5 Å². The van der Waals surface area contributed by atoms with Crippen molar-refractivity contribution < 1.29 is 0 Å². The molecule has 0 bridgehead atoms. The van der Waals surface area contributed by atoms with Gasteiger partial charge in [-0.2, -0.15) is 0 Å². The van der Waals surface area contributed by atoms with Gasteiger partial charge in [0.1, 0.15) is 18.2 Å². The number of hydrogen-bond acceptors (Lipinski definition) is 5. The third-order valence-corrected chi connectivity index (χ3v) is 8.56. The number of hydrogen-bond donors (Lipinski definition) is 2. The first-order valence-electron chi connectivity index (χ1n) is 16.2. The molecule has 2 unspecified atom stereocenters. The molecule has 6 aromatic carbocycles. The smallest absolute Gasteiger partial charge is 0.159 e. The maximum absolute atomic E-state index is 5.19. The maximum atomic E-state index is 5.19. The van der Waals surface area contributed by atoms with Crippen LogP contribution in [0.4, 0.5) is 0 Å². The Morgan fingerprint density at radius 1 is 0.396 bits per heavy atom. The van der Waals surface area contributed by atoms with Crippen LogP contribution in [0, 0.1) is 0 Å². The highest BCUT2D eigenvalue weighted by atomic mass is 15.2. The zero-order valence-corrected chi connectivity index (χ0v) is 26.2. The Morgan fingerprint density at radius 2 is 0.917 bits per heavy atom. The molecular formula is C43H33N5. The van der Waals surface area contributed by atoms with Crippen molar-refractivity contribution in [2.24, 2.45) is 15.0 Å². The highest BCUT2D eigenvalue weighted by Crippen LogP contribution is 2.30. The van der Waals surface area contributed by atoms with Crippen molar-refractivity contribution in [1.82, 2.24) is 10.6 Å². The van der Waals surface area contributed by atoms with E-state index in [0.29, 0.717) is 5.84 Å². The Hall–Kier alpha value is -6.33. The number of benzene rings is 6. The fourth-order valence-electron chi connectivity index (χ4n) is 6.10. The van der Waals surface area contributed by atoms with Crippen LogP contribution in [0.2, 0.25) is 0 Å². The van der Waals surface area contributed by atoms with Crippen LogP contribution in [0.3, 0.4) is 0 Å². The van der Waals surface area contributed by atoms with Gasteiger partial charge in [-0.1, -0.05) is 158 Å². The molecule has 2 heterocycles. The fourth-order valence-corrected chi connectivity index (χ4v) is 6.10. The molecule has 2 aliphatic rings. The second kappa shape index (κ2) is 13.2. The molecule has 0 spiro atoms. The molecule has 0 radical (unpaired) electrons. The number of rotatable bonds is 7. The van der Waals surface area contributed by atoms with Gasteiger partial charge < -0.3 is 10.6 Å². The molecule has 0 saturated heterocycles. The second-order valence-electron chi connectivity index (χ2n) is 11.8. The number of nitrogens with zero attached hydrogens (tertiary/aromatic N) is 3. The second-order valence-corrected chi connectivity index (χ2v) is 11.8. The Labute approximate surface area is 280 Å². The fraction of sp³-hybridized carbons (Fsp3) is 0.0465. The highest BCUT2D eigenvalue weighted by molar-refractivity contribution is 6.14. The molecule has 6 aromatic rings. The van der Waals surface area contributed by atoms with Gasteiger partial charge in [0.05, 0.1) is 5.71 Å². The van der Waals surface area contributed by atoms with Crippen molar-refractivity contribution in [3.8, 4) is 11.1 Å². The van der Waals surface area contributed by atoms with E-state index in [9.17, 15) is 0 Å². The molecular weight excluding hydrogens is 587 g/mol. The van der Waals surface area contributed by atoms with Gasteiger partial charge in [0.2, 0.25) is 0 Å². The summed E-state index contributed by atoms with van der Waals surface area (Å²) >= 11 is 0. The summed E-state index contributed by atoms with van der Waals surface area (Å²) in [5.41, 5.74) is 10.6. The van der Waals surface area contributed by atoms with Gasteiger partial charge in [0, 0.05) is 22.4 Å². The van der Waals surface area contributed by atoms with Crippen molar-refractivity contribution in [2.75, 3.05) is 0 Å². The molecule has 8 rings (SSSR count). The minimum absolute atomic E-state index is 0.192. The average molecular weight is 620 g/mol. The van der Waals surface area contributed by atoms with Crippen LogP contribution in [0.1, 0.15) is 45.7 Å². The lowest BCUT2D eigenvalue weighted by molar-refractivity contribution is 0.664. The molecule has 0 aliphatic carbocycles. The minimum atomic E-state index is -0.298. The van der Waals surface area contributed by atoms with Crippen LogP contribution in [-0.4, -0.2) is 17.4 Å². The molecule has 2 atom stereocenters. The van der Waals surface area contributed by atoms with Crippen molar-refractivity contribution >= 4 is 23.1 Å². The Bertz CT molecular complexity index is 2170. The summed E-state index contributed by atoms with van der Waals surface area (Å²) in [6, 6.07) is 58.5. The average Bonchev–Trinajstić information content (AvgIpc) is 3.19. The zero-order chi connectivity index (χ0) is 32.1. The molecule has 5 heteroatoms. The first-order chi connectivity index (χ1) is 23.8. The van der Waals surface area contributed by atoms with Gasteiger partial charge in [0.15, 0.2) is 5.84 Å². The number of amidine groups is 2. The summed E-state index contributed by atoms with van der Waals surface area (Å²) in [4.78, 5) is 15.2. The molecule has 5 nitrogen and oxygen atoms in total. The van der Waals surface area contributed by atoms with Crippen LogP contribution in [0.5, 0.6) is 0 Å². The molecule has 230 valence electrons. The summed E-state index contributed by atoms with van der Waals surface area (Å²) in [6.45, 7) is 0. The molecule has 0 amide bonds. The van der Waals surface area contributed by atoms with Gasteiger partial charge in [-0.25, -0.2) is 9.98 Å². The lowest BCUT2D eigenvalue weighted by Gasteiger charge is -2.25. The van der Waals surface area contributed by atoms with E-state index < -0.39 is 0 Å². The van der Waals surface area contributed by atoms with Crippen LogP contribution >= 0.6 is 0 Å². The Morgan fingerprint density at radius 3 is 1.62 bits per heavy atom. The molecule has 2 aliphatic heterocycles. The number of allylic oxidation sites excluding steroid dienone is 1. The predicted octanol–water partition coefficient (Wildman–Crippen LogP) is 8.98.